The fourth-order valence-corrected chi connectivity index (χ4v) is 8.93. The molecule has 2 nitrogen and oxygen atoms in total. The lowest BCUT2D eigenvalue weighted by Gasteiger charge is -2.31. The van der Waals surface area contributed by atoms with Gasteiger partial charge in [0.1, 0.15) is 0 Å². The van der Waals surface area contributed by atoms with E-state index in [1.54, 1.807) is 0 Å². The van der Waals surface area contributed by atoms with E-state index < -0.39 is 0 Å². The third-order valence-corrected chi connectivity index (χ3v) is 11.8. The minimum absolute atomic E-state index is 1.07. The summed E-state index contributed by atoms with van der Waals surface area (Å²) in [6.07, 6.45) is 0. The number of hydrogen-bond acceptors (Lipinski definition) is 1. The molecule has 60 heavy (non-hydrogen) atoms. The van der Waals surface area contributed by atoms with Crippen LogP contribution in [0.2, 0.25) is 0 Å². The second kappa shape index (κ2) is 15.1. The Balaban J connectivity index is 1.16. The summed E-state index contributed by atoms with van der Waals surface area (Å²) in [6, 6.07) is 88.0. The average Bonchev–Trinajstić information content (AvgIpc) is 3.68. The molecule has 0 N–H and O–H groups in total. The maximum absolute atomic E-state index is 2.47. The van der Waals surface area contributed by atoms with Crippen LogP contribution < -0.4 is 4.90 Å². The van der Waals surface area contributed by atoms with E-state index in [1.165, 1.54) is 60.4 Å². The molecule has 0 aliphatic carbocycles. The third-order valence-electron chi connectivity index (χ3n) is 11.8. The van der Waals surface area contributed by atoms with Crippen LogP contribution in [-0.4, -0.2) is 4.57 Å². The van der Waals surface area contributed by atoms with Gasteiger partial charge in [-0.1, -0.05) is 200 Å². The Morgan fingerprint density at radius 2 is 0.800 bits per heavy atom. The Bertz CT molecular complexity index is 3270. The van der Waals surface area contributed by atoms with Gasteiger partial charge in [-0.2, -0.15) is 0 Å². The van der Waals surface area contributed by atoms with Crippen molar-refractivity contribution in [2.75, 3.05) is 4.90 Å². The van der Waals surface area contributed by atoms with Crippen molar-refractivity contribution >= 4 is 49.6 Å². The van der Waals surface area contributed by atoms with Crippen molar-refractivity contribution in [3.05, 3.63) is 243 Å². The van der Waals surface area contributed by atoms with E-state index in [9.17, 15) is 0 Å². The lowest BCUT2D eigenvalue weighted by Crippen LogP contribution is -2.14. The van der Waals surface area contributed by atoms with Gasteiger partial charge in [-0.25, -0.2) is 0 Å². The first-order chi connectivity index (χ1) is 29.8. The average molecular weight is 765 g/mol. The number of fused-ring (bicyclic) bond motifs is 5. The summed E-state index contributed by atoms with van der Waals surface area (Å²) in [5.74, 6) is 0. The van der Waals surface area contributed by atoms with Crippen molar-refractivity contribution in [2.24, 2.45) is 0 Å². The standard InChI is InChI=1S/C58H40N2/c1-4-16-41(17-5-1)43-28-30-44(31-29-43)45-32-36-49(37-33-45)59(53-26-14-12-23-50(53)46-20-8-3-9-21-46)57-40-48(42-18-6-2-7-19-42)35-38-55(57)60-54-27-15-13-25-52(54)58-51-24-11-10-22-47(51)34-39-56(58)60/h1-40H. The fourth-order valence-electron chi connectivity index (χ4n) is 8.93. The molecule has 0 fully saturated rings. The van der Waals surface area contributed by atoms with Crippen LogP contribution in [0, 0.1) is 0 Å². The Morgan fingerprint density at radius 1 is 0.300 bits per heavy atom. The minimum Gasteiger partial charge on any atom is -0.308 e. The molecule has 0 aliphatic heterocycles. The molecule has 0 atom stereocenters. The predicted octanol–water partition coefficient (Wildman–Crippen LogP) is 16.1. The monoisotopic (exact) mass is 764 g/mol. The molecule has 0 saturated carbocycles. The van der Waals surface area contributed by atoms with E-state index in [4.69, 9.17) is 0 Å². The first kappa shape index (κ1) is 35.2. The van der Waals surface area contributed by atoms with Gasteiger partial charge in [0.25, 0.3) is 0 Å². The number of para-hydroxylation sites is 2. The molecule has 0 radical (unpaired) electrons. The van der Waals surface area contributed by atoms with E-state index in [-0.39, 0.29) is 0 Å². The molecule has 11 aromatic rings. The maximum Gasteiger partial charge on any atom is 0.0708 e. The summed E-state index contributed by atoms with van der Waals surface area (Å²) in [6.45, 7) is 0. The molecular weight excluding hydrogens is 725 g/mol. The largest absolute Gasteiger partial charge is 0.308 e. The maximum atomic E-state index is 2.47. The second-order valence-electron chi connectivity index (χ2n) is 15.3. The SMILES string of the molecule is c1ccc(-c2ccc(-c3ccc(N(c4ccccc4-c4ccccc4)c4cc(-c5ccccc5)ccc4-n4c5ccccc5c5c6ccccc6ccc54)cc3)cc2)cc1. The Labute approximate surface area is 350 Å². The van der Waals surface area contributed by atoms with Gasteiger partial charge >= 0.3 is 0 Å². The zero-order valence-electron chi connectivity index (χ0n) is 33.0. The normalized spacial score (nSPS) is 11.3. The zero-order chi connectivity index (χ0) is 39.8. The molecule has 1 heterocycles. The van der Waals surface area contributed by atoms with Crippen molar-refractivity contribution in [1.29, 1.82) is 0 Å². The fraction of sp³-hybridized carbons (Fsp3) is 0. The highest BCUT2D eigenvalue weighted by atomic mass is 15.2. The van der Waals surface area contributed by atoms with E-state index in [2.05, 4.69) is 252 Å². The summed E-state index contributed by atoms with van der Waals surface area (Å²) < 4.78 is 2.47. The van der Waals surface area contributed by atoms with Crippen LogP contribution in [0.15, 0.2) is 243 Å². The smallest absolute Gasteiger partial charge is 0.0708 e. The summed E-state index contributed by atoms with van der Waals surface area (Å²) >= 11 is 0. The molecule has 282 valence electrons. The van der Waals surface area contributed by atoms with Gasteiger partial charge < -0.3 is 9.47 Å². The highest BCUT2D eigenvalue weighted by Gasteiger charge is 2.24. The van der Waals surface area contributed by atoms with E-state index in [0.29, 0.717) is 0 Å². The number of benzene rings is 10. The quantitative estimate of drug-likeness (QED) is 0.150. The molecule has 0 spiro atoms. The Hall–Kier alpha value is -7.94. The number of aromatic nitrogens is 1. The highest BCUT2D eigenvalue weighted by Crippen LogP contribution is 2.47. The van der Waals surface area contributed by atoms with Crippen LogP contribution in [0.25, 0.3) is 82.8 Å². The van der Waals surface area contributed by atoms with Gasteiger partial charge in [-0.05, 0) is 92.2 Å². The molecule has 11 rings (SSSR count). The molecule has 0 amide bonds. The molecule has 1 aromatic heterocycles. The van der Waals surface area contributed by atoms with Crippen LogP contribution in [-0.2, 0) is 0 Å². The van der Waals surface area contributed by atoms with Gasteiger partial charge in [0.05, 0.1) is 28.1 Å². The van der Waals surface area contributed by atoms with Crippen LogP contribution in [0.4, 0.5) is 17.1 Å². The second-order valence-corrected chi connectivity index (χ2v) is 15.3. The predicted molar refractivity (Wildman–Crippen MR) is 255 cm³/mol. The van der Waals surface area contributed by atoms with Gasteiger partial charge in [-0.15, -0.1) is 0 Å². The third kappa shape index (κ3) is 6.23. The van der Waals surface area contributed by atoms with Crippen LogP contribution in [0.5, 0.6) is 0 Å². The van der Waals surface area contributed by atoms with Crippen molar-refractivity contribution in [1.82, 2.24) is 4.57 Å². The zero-order valence-corrected chi connectivity index (χ0v) is 33.0. The summed E-state index contributed by atoms with van der Waals surface area (Å²) in [5.41, 5.74) is 16.1. The van der Waals surface area contributed by atoms with E-state index in [1.807, 2.05) is 0 Å². The van der Waals surface area contributed by atoms with Crippen LogP contribution in [0.3, 0.4) is 0 Å². The van der Waals surface area contributed by atoms with Crippen LogP contribution in [0.1, 0.15) is 0 Å². The molecule has 10 aromatic carbocycles. The highest BCUT2D eigenvalue weighted by molar-refractivity contribution is 6.21. The summed E-state index contributed by atoms with van der Waals surface area (Å²) in [4.78, 5) is 2.47. The first-order valence-corrected chi connectivity index (χ1v) is 20.6. The van der Waals surface area contributed by atoms with Gasteiger partial charge in [-0.3, -0.25) is 0 Å². The molecule has 0 bridgehead atoms. The number of rotatable bonds is 8. The molecular formula is C58H40N2. The molecule has 0 saturated heterocycles. The van der Waals surface area contributed by atoms with Gasteiger partial charge in [0, 0.05) is 22.0 Å². The topological polar surface area (TPSA) is 8.17 Å². The van der Waals surface area contributed by atoms with Crippen molar-refractivity contribution in [3.63, 3.8) is 0 Å². The molecule has 0 aliphatic rings. The van der Waals surface area contributed by atoms with Gasteiger partial charge in [0.2, 0.25) is 0 Å². The van der Waals surface area contributed by atoms with Crippen LogP contribution >= 0.6 is 0 Å². The first-order valence-electron chi connectivity index (χ1n) is 20.6. The van der Waals surface area contributed by atoms with Crippen molar-refractivity contribution in [2.45, 2.75) is 0 Å². The Morgan fingerprint density at radius 3 is 1.48 bits per heavy atom. The van der Waals surface area contributed by atoms with E-state index >= 15 is 0 Å². The molecule has 0 unspecified atom stereocenters. The molecule has 2 heteroatoms. The lowest BCUT2D eigenvalue weighted by atomic mass is 9.98. The number of nitrogens with zero attached hydrogens (tertiary/aromatic N) is 2. The summed E-state index contributed by atoms with van der Waals surface area (Å²) in [7, 11) is 0. The number of anilines is 3. The Kier molecular flexibility index (Phi) is 8.87. The lowest BCUT2D eigenvalue weighted by molar-refractivity contribution is 1.15. The van der Waals surface area contributed by atoms with E-state index in [0.717, 1.165) is 39.4 Å². The van der Waals surface area contributed by atoms with Gasteiger partial charge in [0.15, 0.2) is 0 Å². The minimum atomic E-state index is 1.07. The summed E-state index contributed by atoms with van der Waals surface area (Å²) in [5, 5.41) is 4.99. The number of hydrogen-bond donors (Lipinski definition) is 0. The van der Waals surface area contributed by atoms with Crippen molar-refractivity contribution < 1.29 is 0 Å². The van der Waals surface area contributed by atoms with Crippen molar-refractivity contribution in [3.8, 4) is 50.2 Å².